The van der Waals surface area contributed by atoms with E-state index in [-0.39, 0.29) is 22.9 Å². The van der Waals surface area contributed by atoms with Gasteiger partial charge in [-0.15, -0.1) is 0 Å². The van der Waals surface area contributed by atoms with Crippen LogP contribution in [0.2, 0.25) is 0 Å². The van der Waals surface area contributed by atoms with Crippen molar-refractivity contribution in [3.8, 4) is 0 Å². The average molecular weight is 377 g/mol. The van der Waals surface area contributed by atoms with Crippen LogP contribution < -0.4 is 5.73 Å². The summed E-state index contributed by atoms with van der Waals surface area (Å²) >= 11 is 0. The van der Waals surface area contributed by atoms with Gasteiger partial charge >= 0.3 is 0 Å². The van der Waals surface area contributed by atoms with E-state index in [1.165, 1.54) is 28.8 Å². The van der Waals surface area contributed by atoms with Gasteiger partial charge in [-0.3, -0.25) is 14.0 Å². The number of hydrogen-bond acceptors (Lipinski definition) is 4. The Bertz CT molecular complexity index is 1210. The van der Waals surface area contributed by atoms with Crippen LogP contribution in [-0.2, 0) is 0 Å². The van der Waals surface area contributed by atoms with E-state index < -0.39 is 23.0 Å². The number of nitrogens with two attached hydrogens (primary N) is 1. The van der Waals surface area contributed by atoms with Crippen molar-refractivity contribution in [2.24, 2.45) is 0 Å². The van der Waals surface area contributed by atoms with E-state index >= 15 is 0 Å². The summed E-state index contributed by atoms with van der Waals surface area (Å²) in [4.78, 5) is 29.6. The number of ketones is 2. The highest BCUT2D eigenvalue weighted by atomic mass is 19.1. The first-order valence-electron chi connectivity index (χ1n) is 8.33. The van der Waals surface area contributed by atoms with E-state index in [2.05, 4.69) is 4.98 Å². The molecule has 0 saturated carbocycles. The second-order valence-electron chi connectivity index (χ2n) is 6.11. The van der Waals surface area contributed by atoms with Gasteiger partial charge in [0, 0.05) is 17.3 Å². The Morgan fingerprint density at radius 3 is 2.18 bits per heavy atom. The van der Waals surface area contributed by atoms with Gasteiger partial charge < -0.3 is 5.73 Å². The van der Waals surface area contributed by atoms with Crippen molar-refractivity contribution in [3.05, 3.63) is 101 Å². The van der Waals surface area contributed by atoms with E-state index in [9.17, 15) is 18.4 Å². The molecule has 0 aliphatic heterocycles. The first kappa shape index (κ1) is 17.5. The Hall–Kier alpha value is -3.87. The Balaban J connectivity index is 1.86. The second kappa shape index (κ2) is 6.70. The smallest absolute Gasteiger partial charge is 0.213 e. The van der Waals surface area contributed by atoms with Crippen LogP contribution in [0.5, 0.6) is 0 Å². The zero-order chi connectivity index (χ0) is 19.8. The van der Waals surface area contributed by atoms with Crippen LogP contribution in [-0.4, -0.2) is 21.0 Å². The lowest BCUT2D eigenvalue weighted by molar-refractivity contribution is 0.102. The van der Waals surface area contributed by atoms with Crippen LogP contribution in [0.3, 0.4) is 0 Å². The molecule has 7 heteroatoms. The minimum atomic E-state index is -0.962. The molecule has 0 aliphatic rings. The number of fused-ring (bicyclic) bond motifs is 1. The largest absolute Gasteiger partial charge is 0.382 e. The summed E-state index contributed by atoms with van der Waals surface area (Å²) in [6.07, 6.45) is 1.31. The minimum Gasteiger partial charge on any atom is -0.382 e. The number of aromatic nitrogens is 2. The van der Waals surface area contributed by atoms with Crippen molar-refractivity contribution < 1.29 is 18.4 Å². The number of hydrogen-bond donors (Lipinski definition) is 1. The quantitative estimate of drug-likeness (QED) is 0.551. The number of anilines is 1. The molecular formula is C21H13F2N3O2. The maximum absolute atomic E-state index is 14.0. The lowest BCUT2D eigenvalue weighted by atomic mass is 10.0. The molecule has 2 aromatic carbocycles. The minimum absolute atomic E-state index is 0.00369. The van der Waals surface area contributed by atoms with Crippen molar-refractivity contribution in [2.45, 2.75) is 0 Å². The number of pyridine rings is 1. The van der Waals surface area contributed by atoms with E-state index in [4.69, 9.17) is 5.73 Å². The molecule has 4 aromatic rings. The van der Waals surface area contributed by atoms with E-state index in [0.29, 0.717) is 11.2 Å². The van der Waals surface area contributed by atoms with Gasteiger partial charge in [0.1, 0.15) is 23.0 Å². The molecule has 28 heavy (non-hydrogen) atoms. The standard InChI is InChI=1S/C21H13F2N3O2/c22-14-7-4-8-15(23)17(14)19(27)13-9-10-16-25-21(24)18(26(16)11-13)20(28)12-5-2-1-3-6-12/h1-11H,24H2. The monoisotopic (exact) mass is 377 g/mol. The molecular weight excluding hydrogens is 364 g/mol. The van der Waals surface area contributed by atoms with Crippen LogP contribution in [0, 0.1) is 11.6 Å². The number of nitrogens with zero attached hydrogens (tertiary/aromatic N) is 2. The number of halogens is 2. The van der Waals surface area contributed by atoms with Crippen molar-refractivity contribution in [2.75, 3.05) is 5.73 Å². The normalized spacial score (nSPS) is 10.9. The summed E-state index contributed by atoms with van der Waals surface area (Å²) in [5, 5.41) is 0. The van der Waals surface area contributed by atoms with E-state index in [1.54, 1.807) is 30.3 Å². The van der Waals surface area contributed by atoms with Crippen LogP contribution in [0.1, 0.15) is 32.0 Å². The lowest BCUT2D eigenvalue weighted by Crippen LogP contribution is -2.11. The van der Waals surface area contributed by atoms with Crippen LogP contribution >= 0.6 is 0 Å². The van der Waals surface area contributed by atoms with Crippen molar-refractivity contribution in [1.82, 2.24) is 9.38 Å². The number of imidazole rings is 1. The molecule has 0 amide bonds. The van der Waals surface area contributed by atoms with Crippen LogP contribution in [0.4, 0.5) is 14.6 Å². The van der Waals surface area contributed by atoms with Crippen molar-refractivity contribution in [1.29, 1.82) is 0 Å². The molecule has 0 saturated heterocycles. The lowest BCUT2D eigenvalue weighted by Gasteiger charge is -2.07. The Morgan fingerprint density at radius 1 is 0.821 bits per heavy atom. The SMILES string of the molecule is Nc1nc2ccc(C(=O)c3c(F)cccc3F)cn2c1C(=O)c1ccccc1. The van der Waals surface area contributed by atoms with E-state index in [1.807, 2.05) is 0 Å². The molecule has 2 N–H and O–H groups in total. The van der Waals surface area contributed by atoms with Gasteiger partial charge in [-0.25, -0.2) is 13.8 Å². The molecule has 2 aromatic heterocycles. The maximum atomic E-state index is 14.0. The molecule has 2 heterocycles. The summed E-state index contributed by atoms with van der Waals surface area (Å²) in [5.41, 5.74) is 6.06. The number of benzene rings is 2. The van der Waals surface area contributed by atoms with Crippen molar-refractivity contribution >= 4 is 23.0 Å². The summed E-state index contributed by atoms with van der Waals surface area (Å²) in [6, 6.07) is 14.5. The summed E-state index contributed by atoms with van der Waals surface area (Å²) in [6.45, 7) is 0. The topological polar surface area (TPSA) is 77.5 Å². The number of rotatable bonds is 4. The van der Waals surface area contributed by atoms with Crippen molar-refractivity contribution in [3.63, 3.8) is 0 Å². The molecule has 0 spiro atoms. The fraction of sp³-hybridized carbons (Fsp3) is 0. The molecule has 0 bridgehead atoms. The van der Waals surface area contributed by atoms with Gasteiger partial charge in [0.15, 0.2) is 11.6 Å². The Kier molecular flexibility index (Phi) is 4.19. The van der Waals surface area contributed by atoms with Crippen LogP contribution in [0.25, 0.3) is 5.65 Å². The first-order valence-corrected chi connectivity index (χ1v) is 8.33. The molecule has 0 unspecified atom stereocenters. The molecule has 0 aliphatic carbocycles. The van der Waals surface area contributed by atoms with Gasteiger partial charge in [-0.2, -0.15) is 0 Å². The molecule has 0 fully saturated rings. The second-order valence-corrected chi connectivity index (χ2v) is 6.11. The molecule has 0 atom stereocenters. The molecule has 5 nitrogen and oxygen atoms in total. The summed E-state index contributed by atoms with van der Waals surface area (Å²) < 4.78 is 29.3. The zero-order valence-corrected chi connectivity index (χ0v) is 14.4. The van der Waals surface area contributed by atoms with Crippen LogP contribution in [0.15, 0.2) is 66.9 Å². The molecule has 0 radical (unpaired) electrons. The van der Waals surface area contributed by atoms with Gasteiger partial charge in [-0.05, 0) is 24.3 Å². The third-order valence-corrected chi connectivity index (χ3v) is 4.35. The van der Waals surface area contributed by atoms with Gasteiger partial charge in [0.2, 0.25) is 5.78 Å². The highest BCUT2D eigenvalue weighted by Gasteiger charge is 2.22. The third kappa shape index (κ3) is 2.83. The molecule has 138 valence electrons. The fourth-order valence-corrected chi connectivity index (χ4v) is 3.01. The first-order chi connectivity index (χ1) is 13.5. The molecule has 4 rings (SSSR count). The summed E-state index contributed by atoms with van der Waals surface area (Å²) in [5.74, 6) is -3.16. The van der Waals surface area contributed by atoms with E-state index in [0.717, 1.165) is 12.1 Å². The number of carbonyl (C=O) groups excluding carboxylic acids is 2. The number of nitrogen functional groups attached to an aromatic ring is 1. The predicted molar refractivity (Wildman–Crippen MR) is 99.3 cm³/mol. The fourth-order valence-electron chi connectivity index (χ4n) is 3.01. The number of carbonyl (C=O) groups is 2. The van der Waals surface area contributed by atoms with Gasteiger partial charge in [0.05, 0.1) is 5.56 Å². The van der Waals surface area contributed by atoms with Gasteiger partial charge in [0.25, 0.3) is 0 Å². The predicted octanol–water partition coefficient (Wildman–Crippen LogP) is 3.66. The Labute approximate surface area is 158 Å². The highest BCUT2D eigenvalue weighted by molar-refractivity contribution is 6.12. The highest BCUT2D eigenvalue weighted by Crippen LogP contribution is 2.22. The average Bonchev–Trinajstić information content (AvgIpc) is 3.02. The summed E-state index contributed by atoms with van der Waals surface area (Å²) in [7, 11) is 0. The maximum Gasteiger partial charge on any atom is 0.213 e. The Morgan fingerprint density at radius 2 is 1.50 bits per heavy atom. The van der Waals surface area contributed by atoms with Gasteiger partial charge in [-0.1, -0.05) is 36.4 Å². The third-order valence-electron chi connectivity index (χ3n) is 4.35. The zero-order valence-electron chi connectivity index (χ0n) is 14.4.